The molecule has 0 aliphatic heterocycles. The summed E-state index contributed by atoms with van der Waals surface area (Å²) >= 11 is 9.24. The van der Waals surface area contributed by atoms with Crippen molar-refractivity contribution < 1.29 is 9.53 Å². The van der Waals surface area contributed by atoms with E-state index in [4.69, 9.17) is 16.3 Å². The van der Waals surface area contributed by atoms with Crippen LogP contribution in [0, 0.1) is 0 Å². The molecule has 4 nitrogen and oxygen atoms in total. The molecule has 0 spiro atoms. The van der Waals surface area contributed by atoms with E-state index in [1.807, 2.05) is 0 Å². The number of hydrogen-bond acceptors (Lipinski definition) is 2. The number of methoxy groups -OCH3 is 1. The molecule has 0 aliphatic rings. The minimum Gasteiger partial charge on any atom is -0.497 e. The van der Waals surface area contributed by atoms with E-state index in [1.165, 1.54) is 0 Å². The Labute approximate surface area is 130 Å². The molecule has 0 atom stereocenters. The Kier molecular flexibility index (Phi) is 4.87. The van der Waals surface area contributed by atoms with Crippen molar-refractivity contribution >= 4 is 44.9 Å². The number of halogens is 2. The van der Waals surface area contributed by atoms with Gasteiger partial charge in [0.15, 0.2) is 0 Å². The van der Waals surface area contributed by atoms with Crippen LogP contribution in [0.15, 0.2) is 46.9 Å². The van der Waals surface area contributed by atoms with Crippen molar-refractivity contribution in [1.29, 1.82) is 0 Å². The van der Waals surface area contributed by atoms with Crippen LogP contribution in [0.4, 0.5) is 16.2 Å². The predicted molar refractivity (Wildman–Crippen MR) is 84.8 cm³/mol. The third kappa shape index (κ3) is 3.88. The van der Waals surface area contributed by atoms with Crippen LogP contribution in [0.1, 0.15) is 0 Å². The van der Waals surface area contributed by atoms with Crippen molar-refractivity contribution in [1.82, 2.24) is 0 Å². The number of urea groups is 1. The van der Waals surface area contributed by atoms with Gasteiger partial charge in [0.2, 0.25) is 0 Å². The zero-order valence-corrected chi connectivity index (χ0v) is 13.0. The number of benzene rings is 2. The molecule has 0 saturated carbocycles. The van der Waals surface area contributed by atoms with Crippen LogP contribution in [0.2, 0.25) is 5.02 Å². The Morgan fingerprint density at radius 2 is 2.00 bits per heavy atom. The second-order valence-corrected chi connectivity index (χ2v) is 5.23. The van der Waals surface area contributed by atoms with E-state index in [0.717, 1.165) is 4.47 Å². The highest BCUT2D eigenvalue weighted by molar-refractivity contribution is 9.10. The molecule has 104 valence electrons. The van der Waals surface area contributed by atoms with Crippen molar-refractivity contribution in [2.24, 2.45) is 0 Å². The number of carbonyl (C=O) groups excluding carboxylic acids is 1. The number of hydrogen-bond donors (Lipinski definition) is 2. The molecule has 0 unspecified atom stereocenters. The van der Waals surface area contributed by atoms with Gasteiger partial charge in [0, 0.05) is 21.2 Å². The molecule has 0 fully saturated rings. The van der Waals surface area contributed by atoms with Gasteiger partial charge < -0.3 is 15.4 Å². The lowest BCUT2D eigenvalue weighted by Crippen LogP contribution is -2.19. The van der Waals surface area contributed by atoms with Gasteiger partial charge in [-0.05, 0) is 46.3 Å². The van der Waals surface area contributed by atoms with Crippen LogP contribution in [-0.2, 0) is 0 Å². The van der Waals surface area contributed by atoms with Gasteiger partial charge in [0.1, 0.15) is 5.75 Å². The largest absolute Gasteiger partial charge is 0.497 e. The van der Waals surface area contributed by atoms with Gasteiger partial charge in [0.05, 0.1) is 12.8 Å². The maximum Gasteiger partial charge on any atom is 0.323 e. The average Bonchev–Trinajstić information content (AvgIpc) is 2.43. The topological polar surface area (TPSA) is 50.4 Å². The number of carbonyl (C=O) groups is 1. The summed E-state index contributed by atoms with van der Waals surface area (Å²) in [5.74, 6) is 0.673. The maximum atomic E-state index is 11.9. The van der Waals surface area contributed by atoms with Crippen molar-refractivity contribution in [3.05, 3.63) is 52.0 Å². The Hall–Kier alpha value is -1.72. The summed E-state index contributed by atoms with van der Waals surface area (Å²) in [5, 5.41) is 5.98. The molecule has 2 rings (SSSR count). The second-order valence-electron chi connectivity index (χ2n) is 3.94. The minimum atomic E-state index is -0.360. The van der Waals surface area contributed by atoms with E-state index in [-0.39, 0.29) is 6.03 Å². The fourth-order valence-corrected chi connectivity index (χ4v) is 2.10. The van der Waals surface area contributed by atoms with Gasteiger partial charge in [-0.2, -0.15) is 0 Å². The van der Waals surface area contributed by atoms with Gasteiger partial charge >= 0.3 is 6.03 Å². The summed E-state index contributed by atoms with van der Waals surface area (Å²) in [7, 11) is 1.57. The van der Waals surface area contributed by atoms with Crippen molar-refractivity contribution in [2.45, 2.75) is 0 Å². The van der Waals surface area contributed by atoms with Crippen molar-refractivity contribution in [3.8, 4) is 5.75 Å². The molecule has 0 aliphatic carbocycles. The van der Waals surface area contributed by atoms with Crippen LogP contribution in [0.5, 0.6) is 5.75 Å². The van der Waals surface area contributed by atoms with Crippen LogP contribution in [0.3, 0.4) is 0 Å². The van der Waals surface area contributed by atoms with Gasteiger partial charge in [-0.25, -0.2) is 4.79 Å². The second kappa shape index (κ2) is 6.63. The van der Waals surface area contributed by atoms with Gasteiger partial charge in [-0.15, -0.1) is 0 Å². The zero-order valence-electron chi connectivity index (χ0n) is 10.6. The highest BCUT2D eigenvalue weighted by atomic mass is 79.9. The SMILES string of the molecule is COc1cccc(NC(=O)Nc2cc(Cl)ccc2Br)c1. The summed E-state index contributed by atoms with van der Waals surface area (Å²) in [5.41, 5.74) is 1.23. The van der Waals surface area contributed by atoms with E-state index in [2.05, 4.69) is 26.6 Å². The fourth-order valence-electron chi connectivity index (χ4n) is 1.58. The normalized spacial score (nSPS) is 9.95. The monoisotopic (exact) mass is 354 g/mol. The molecule has 0 saturated heterocycles. The molecule has 2 amide bonds. The smallest absolute Gasteiger partial charge is 0.323 e. The number of amides is 2. The Morgan fingerprint density at radius 3 is 2.75 bits per heavy atom. The molecule has 0 radical (unpaired) electrons. The van der Waals surface area contributed by atoms with Crippen LogP contribution in [-0.4, -0.2) is 13.1 Å². The lowest BCUT2D eigenvalue weighted by atomic mass is 10.3. The van der Waals surface area contributed by atoms with Gasteiger partial charge in [-0.1, -0.05) is 17.7 Å². The Morgan fingerprint density at radius 1 is 1.20 bits per heavy atom. The van der Waals surface area contributed by atoms with E-state index >= 15 is 0 Å². The Bertz CT molecular complexity index is 634. The maximum absolute atomic E-state index is 11.9. The molecule has 6 heteroatoms. The number of nitrogens with one attached hydrogen (secondary N) is 2. The fraction of sp³-hybridized carbons (Fsp3) is 0.0714. The zero-order chi connectivity index (χ0) is 14.5. The average molecular weight is 356 g/mol. The predicted octanol–water partition coefficient (Wildman–Crippen LogP) is 4.76. The summed E-state index contributed by atoms with van der Waals surface area (Å²) in [4.78, 5) is 11.9. The summed E-state index contributed by atoms with van der Waals surface area (Å²) in [6, 6.07) is 11.9. The lowest BCUT2D eigenvalue weighted by Gasteiger charge is -2.10. The third-order valence-electron chi connectivity index (χ3n) is 2.50. The number of ether oxygens (including phenoxy) is 1. The number of anilines is 2. The van der Waals surface area contributed by atoms with Crippen LogP contribution >= 0.6 is 27.5 Å². The van der Waals surface area contributed by atoms with Crippen LogP contribution < -0.4 is 15.4 Å². The van der Waals surface area contributed by atoms with Crippen molar-refractivity contribution in [2.75, 3.05) is 17.7 Å². The molecule has 2 aromatic rings. The van der Waals surface area contributed by atoms with E-state index < -0.39 is 0 Å². The molecule has 20 heavy (non-hydrogen) atoms. The first kappa shape index (κ1) is 14.7. The molecule has 2 N–H and O–H groups in total. The van der Waals surface area contributed by atoms with E-state index in [1.54, 1.807) is 49.6 Å². The highest BCUT2D eigenvalue weighted by Gasteiger charge is 2.07. The summed E-state index contributed by atoms with van der Waals surface area (Å²) < 4.78 is 5.85. The molecule has 0 heterocycles. The van der Waals surface area contributed by atoms with E-state index in [0.29, 0.717) is 22.1 Å². The molecule has 0 bridgehead atoms. The lowest BCUT2D eigenvalue weighted by molar-refractivity contribution is 0.262. The molecular formula is C14H12BrClN2O2. The first-order valence-corrected chi connectivity index (χ1v) is 6.92. The molecule has 0 aromatic heterocycles. The van der Waals surface area contributed by atoms with Crippen LogP contribution in [0.25, 0.3) is 0 Å². The Balaban J connectivity index is 2.07. The van der Waals surface area contributed by atoms with Gasteiger partial charge in [0.25, 0.3) is 0 Å². The van der Waals surface area contributed by atoms with E-state index in [9.17, 15) is 4.79 Å². The van der Waals surface area contributed by atoms with Crippen molar-refractivity contribution in [3.63, 3.8) is 0 Å². The van der Waals surface area contributed by atoms with Gasteiger partial charge in [-0.3, -0.25) is 0 Å². The quantitative estimate of drug-likeness (QED) is 0.834. The minimum absolute atomic E-state index is 0.360. The summed E-state index contributed by atoms with van der Waals surface area (Å²) in [6.45, 7) is 0. The number of rotatable bonds is 3. The molecular weight excluding hydrogens is 344 g/mol. The standard InChI is InChI=1S/C14H12BrClN2O2/c1-20-11-4-2-3-10(8-11)17-14(19)18-13-7-9(16)5-6-12(13)15/h2-8H,1H3,(H2,17,18,19). The summed E-state index contributed by atoms with van der Waals surface area (Å²) in [6.07, 6.45) is 0. The first-order valence-electron chi connectivity index (χ1n) is 5.75. The third-order valence-corrected chi connectivity index (χ3v) is 3.43. The highest BCUT2D eigenvalue weighted by Crippen LogP contribution is 2.26. The molecule has 2 aromatic carbocycles. The first-order chi connectivity index (χ1) is 9.58.